The van der Waals surface area contributed by atoms with E-state index in [2.05, 4.69) is 4.74 Å². The first-order valence-electron chi connectivity index (χ1n) is 9.82. The molecule has 2 aromatic carbocycles. The summed E-state index contributed by atoms with van der Waals surface area (Å²) >= 11 is 0. The van der Waals surface area contributed by atoms with Gasteiger partial charge in [-0.3, -0.25) is 4.55 Å². The van der Waals surface area contributed by atoms with Gasteiger partial charge in [-0.25, -0.2) is 14.4 Å². The third-order valence-corrected chi connectivity index (χ3v) is 6.11. The number of hydrogen-bond donors (Lipinski definition) is 2. The number of carboxylic acid groups (broad SMARTS) is 1. The van der Waals surface area contributed by atoms with Gasteiger partial charge in [0.1, 0.15) is 11.5 Å². The Kier molecular flexibility index (Phi) is 7.97. The van der Waals surface area contributed by atoms with Gasteiger partial charge in [-0.05, 0) is 74.2 Å². The van der Waals surface area contributed by atoms with Crippen molar-refractivity contribution in [3.63, 3.8) is 0 Å². The highest BCUT2D eigenvalue weighted by Crippen LogP contribution is 2.29. The number of alkyl halides is 3. The summed E-state index contributed by atoms with van der Waals surface area (Å²) in [5, 5.41) is 9.61. The standard InChI is InChI=1S/C22H21F3O9S/c1-10-11(2)13(4)18(17(12(10)3)19(26)27)21(29)33-15-7-5-14(6-8-15)20(28)34-16(22(23,24)25)9-35(30,31)32/h5-8,16H,9H2,1-4H3,(H,26,27)(H,30,31,32). The van der Waals surface area contributed by atoms with Gasteiger partial charge in [0, 0.05) is 0 Å². The van der Waals surface area contributed by atoms with E-state index in [-0.39, 0.29) is 16.9 Å². The smallest absolute Gasteiger partial charge is 0.426 e. The van der Waals surface area contributed by atoms with Crippen LogP contribution in [0, 0.1) is 27.7 Å². The third-order valence-electron chi connectivity index (χ3n) is 5.38. The van der Waals surface area contributed by atoms with Crippen molar-refractivity contribution in [2.45, 2.75) is 40.0 Å². The number of halogens is 3. The van der Waals surface area contributed by atoms with E-state index in [9.17, 15) is 41.1 Å². The molecule has 0 saturated heterocycles. The highest BCUT2D eigenvalue weighted by atomic mass is 32.2. The molecule has 1 unspecified atom stereocenters. The summed E-state index contributed by atoms with van der Waals surface area (Å²) in [4.78, 5) is 36.6. The van der Waals surface area contributed by atoms with Gasteiger partial charge in [0.15, 0.2) is 0 Å². The Hall–Kier alpha value is -3.45. The summed E-state index contributed by atoms with van der Waals surface area (Å²) in [6, 6.07) is 4.04. The van der Waals surface area contributed by atoms with Gasteiger partial charge in [0.2, 0.25) is 6.10 Å². The molecule has 0 heterocycles. The van der Waals surface area contributed by atoms with Crippen molar-refractivity contribution in [2.24, 2.45) is 0 Å². The molecule has 0 bridgehead atoms. The van der Waals surface area contributed by atoms with E-state index in [1.165, 1.54) is 0 Å². The van der Waals surface area contributed by atoms with Gasteiger partial charge < -0.3 is 14.6 Å². The molecule has 9 nitrogen and oxygen atoms in total. The van der Waals surface area contributed by atoms with Crippen LogP contribution in [0.4, 0.5) is 13.2 Å². The molecule has 2 aromatic rings. The Morgan fingerprint density at radius 3 is 1.80 bits per heavy atom. The first kappa shape index (κ1) is 27.8. The molecule has 0 fully saturated rings. The fourth-order valence-electron chi connectivity index (χ4n) is 3.24. The average molecular weight is 518 g/mol. The highest BCUT2D eigenvalue weighted by Gasteiger charge is 2.45. The lowest BCUT2D eigenvalue weighted by Crippen LogP contribution is -2.39. The van der Waals surface area contributed by atoms with Crippen LogP contribution in [0.5, 0.6) is 5.75 Å². The van der Waals surface area contributed by atoms with Crippen LogP contribution in [0.2, 0.25) is 0 Å². The molecular weight excluding hydrogens is 497 g/mol. The Morgan fingerprint density at radius 2 is 1.37 bits per heavy atom. The summed E-state index contributed by atoms with van der Waals surface area (Å²) in [6.45, 7) is 6.55. The van der Waals surface area contributed by atoms with Crippen LogP contribution in [0.25, 0.3) is 0 Å². The van der Waals surface area contributed by atoms with Crippen molar-refractivity contribution in [3.05, 3.63) is 63.2 Å². The molecule has 35 heavy (non-hydrogen) atoms. The van der Waals surface area contributed by atoms with Crippen molar-refractivity contribution in [3.8, 4) is 5.75 Å². The van der Waals surface area contributed by atoms with Crippen LogP contribution in [0.15, 0.2) is 24.3 Å². The van der Waals surface area contributed by atoms with Crippen LogP contribution in [0.3, 0.4) is 0 Å². The van der Waals surface area contributed by atoms with Crippen molar-refractivity contribution < 1.29 is 55.1 Å². The van der Waals surface area contributed by atoms with Gasteiger partial charge in [-0.1, -0.05) is 0 Å². The molecule has 2 rings (SSSR count). The second-order valence-corrected chi connectivity index (χ2v) is 9.15. The summed E-state index contributed by atoms with van der Waals surface area (Å²) in [5.74, 6) is -5.89. The lowest BCUT2D eigenvalue weighted by Gasteiger charge is -2.19. The fourth-order valence-corrected chi connectivity index (χ4v) is 3.88. The first-order chi connectivity index (χ1) is 15.9. The molecule has 0 amide bonds. The maximum atomic E-state index is 12.9. The summed E-state index contributed by atoms with van der Waals surface area (Å²) in [6.07, 6.45) is -8.36. The topological polar surface area (TPSA) is 144 Å². The molecule has 0 saturated carbocycles. The van der Waals surface area contributed by atoms with Crippen LogP contribution in [-0.2, 0) is 14.9 Å². The maximum Gasteiger partial charge on any atom is 0.426 e. The van der Waals surface area contributed by atoms with E-state index < -0.39 is 51.6 Å². The predicted octanol–water partition coefficient (Wildman–Crippen LogP) is 3.81. The van der Waals surface area contributed by atoms with Crippen LogP contribution < -0.4 is 4.74 Å². The fraction of sp³-hybridized carbons (Fsp3) is 0.318. The Bertz CT molecular complexity index is 1280. The SMILES string of the molecule is Cc1c(C)c(C)c(C(=O)Oc2ccc(C(=O)OC(CS(=O)(=O)O)C(F)(F)F)cc2)c(C(=O)O)c1C. The van der Waals surface area contributed by atoms with Gasteiger partial charge in [0.05, 0.1) is 16.7 Å². The van der Waals surface area contributed by atoms with Crippen molar-refractivity contribution >= 4 is 28.0 Å². The maximum absolute atomic E-state index is 12.9. The third kappa shape index (κ3) is 6.57. The number of carboxylic acids is 1. The molecule has 0 radical (unpaired) electrons. The lowest BCUT2D eigenvalue weighted by molar-refractivity contribution is -0.197. The number of benzene rings is 2. The van der Waals surface area contributed by atoms with Crippen LogP contribution in [0.1, 0.15) is 53.3 Å². The largest absolute Gasteiger partial charge is 0.478 e. The molecule has 13 heteroatoms. The first-order valence-corrected chi connectivity index (χ1v) is 11.4. The predicted molar refractivity (Wildman–Crippen MR) is 115 cm³/mol. The quantitative estimate of drug-likeness (QED) is 0.318. The van der Waals surface area contributed by atoms with Gasteiger partial charge in [-0.2, -0.15) is 21.6 Å². The molecule has 190 valence electrons. The Labute approximate surface area is 198 Å². The number of carbonyl (C=O) groups excluding carboxylic acids is 2. The van der Waals surface area contributed by atoms with E-state index in [0.717, 1.165) is 24.3 Å². The number of aromatic carboxylic acids is 1. The van der Waals surface area contributed by atoms with Gasteiger partial charge in [0.25, 0.3) is 10.1 Å². The summed E-state index contributed by atoms with van der Waals surface area (Å²) in [7, 11) is -5.10. The Morgan fingerprint density at radius 1 is 0.886 bits per heavy atom. The molecule has 0 aromatic heterocycles. The number of carbonyl (C=O) groups is 3. The van der Waals surface area contributed by atoms with E-state index in [1.807, 2.05) is 0 Å². The van der Waals surface area contributed by atoms with Crippen molar-refractivity contribution in [2.75, 3.05) is 5.75 Å². The number of ether oxygens (including phenoxy) is 2. The van der Waals surface area contributed by atoms with E-state index in [4.69, 9.17) is 9.29 Å². The van der Waals surface area contributed by atoms with Crippen molar-refractivity contribution in [1.29, 1.82) is 0 Å². The second kappa shape index (κ2) is 10.0. The highest BCUT2D eigenvalue weighted by molar-refractivity contribution is 7.85. The number of esters is 2. The normalized spacial score (nSPS) is 12.7. The number of hydrogen-bond acceptors (Lipinski definition) is 7. The van der Waals surface area contributed by atoms with E-state index >= 15 is 0 Å². The Balaban J connectivity index is 2.28. The van der Waals surface area contributed by atoms with Crippen LogP contribution in [-0.4, -0.2) is 54.0 Å². The van der Waals surface area contributed by atoms with E-state index in [0.29, 0.717) is 22.3 Å². The minimum Gasteiger partial charge on any atom is -0.478 e. The molecule has 0 spiro atoms. The number of rotatable bonds is 7. The minimum absolute atomic E-state index is 0.150. The van der Waals surface area contributed by atoms with Gasteiger partial charge >= 0.3 is 24.1 Å². The molecule has 1 atom stereocenters. The minimum atomic E-state index is -5.26. The zero-order valence-electron chi connectivity index (χ0n) is 18.9. The monoisotopic (exact) mass is 518 g/mol. The molecule has 0 aliphatic carbocycles. The molecule has 0 aliphatic rings. The van der Waals surface area contributed by atoms with Crippen molar-refractivity contribution in [1.82, 2.24) is 0 Å². The summed E-state index contributed by atoms with van der Waals surface area (Å²) in [5.41, 5.74) is 1.35. The molecular formula is C22H21F3O9S. The zero-order chi connectivity index (χ0) is 26.9. The molecule has 0 aliphatic heterocycles. The second-order valence-electron chi connectivity index (χ2n) is 7.65. The van der Waals surface area contributed by atoms with Gasteiger partial charge in [-0.15, -0.1) is 0 Å². The summed E-state index contributed by atoms with van der Waals surface area (Å²) < 4.78 is 78.5. The average Bonchev–Trinajstić information content (AvgIpc) is 2.72. The van der Waals surface area contributed by atoms with Crippen LogP contribution >= 0.6 is 0 Å². The lowest BCUT2D eigenvalue weighted by atomic mass is 9.89. The van der Waals surface area contributed by atoms with E-state index in [1.54, 1.807) is 27.7 Å². The molecule has 2 N–H and O–H groups in total. The zero-order valence-corrected chi connectivity index (χ0v) is 19.7.